The van der Waals surface area contributed by atoms with Gasteiger partial charge in [-0.15, -0.1) is 11.3 Å². The van der Waals surface area contributed by atoms with E-state index in [4.69, 9.17) is 4.98 Å². The summed E-state index contributed by atoms with van der Waals surface area (Å²) in [6, 6.07) is 10.6. The van der Waals surface area contributed by atoms with Gasteiger partial charge in [-0.1, -0.05) is 37.5 Å². The van der Waals surface area contributed by atoms with E-state index in [1.807, 2.05) is 0 Å². The summed E-state index contributed by atoms with van der Waals surface area (Å²) in [5.41, 5.74) is 0. The zero-order valence-electron chi connectivity index (χ0n) is 11.3. The van der Waals surface area contributed by atoms with Crippen molar-refractivity contribution in [1.82, 2.24) is 15.2 Å². The molecule has 0 unspecified atom stereocenters. The fraction of sp³-hybridized carbons (Fsp3) is 0.375. The molecular weight excluding hydrogens is 266 g/mol. The smallest absolute Gasteiger partial charge is 0.191 e. The summed E-state index contributed by atoms with van der Waals surface area (Å²) >= 11 is 1.77. The Morgan fingerprint density at radius 1 is 1.10 bits per heavy atom. The highest BCUT2D eigenvalue weighted by molar-refractivity contribution is 7.22. The Morgan fingerprint density at radius 2 is 1.95 bits per heavy atom. The van der Waals surface area contributed by atoms with E-state index in [2.05, 4.69) is 40.5 Å². The van der Waals surface area contributed by atoms with Crippen LogP contribution in [0.15, 0.2) is 30.3 Å². The maximum absolute atomic E-state index is 4.74. The molecule has 1 fully saturated rings. The highest BCUT2D eigenvalue weighted by Crippen LogP contribution is 2.34. The van der Waals surface area contributed by atoms with Crippen LogP contribution in [0.4, 0.5) is 0 Å². The van der Waals surface area contributed by atoms with Crippen molar-refractivity contribution in [2.24, 2.45) is 0 Å². The molecule has 0 atom stereocenters. The molecule has 1 aromatic carbocycles. The SMILES string of the molecule is c1ccc2sc(-c3n[nH]c(C4CCCCC4)n3)cc2c1. The van der Waals surface area contributed by atoms with Gasteiger partial charge in [0, 0.05) is 10.6 Å². The van der Waals surface area contributed by atoms with E-state index < -0.39 is 0 Å². The topological polar surface area (TPSA) is 41.6 Å². The normalized spacial score (nSPS) is 16.8. The quantitative estimate of drug-likeness (QED) is 0.738. The Balaban J connectivity index is 1.66. The van der Waals surface area contributed by atoms with Crippen molar-refractivity contribution in [3.63, 3.8) is 0 Å². The summed E-state index contributed by atoms with van der Waals surface area (Å²) in [5.74, 6) is 2.52. The summed E-state index contributed by atoms with van der Waals surface area (Å²) in [4.78, 5) is 5.90. The van der Waals surface area contributed by atoms with Gasteiger partial charge in [0.2, 0.25) is 0 Å². The maximum atomic E-state index is 4.74. The van der Waals surface area contributed by atoms with Gasteiger partial charge >= 0.3 is 0 Å². The molecule has 0 bridgehead atoms. The Bertz CT molecular complexity index is 689. The molecular formula is C16H17N3S. The van der Waals surface area contributed by atoms with Crippen molar-refractivity contribution >= 4 is 21.4 Å². The van der Waals surface area contributed by atoms with Crippen LogP contribution in [0, 0.1) is 0 Å². The molecule has 1 saturated carbocycles. The molecule has 1 N–H and O–H groups in total. The number of aromatic nitrogens is 3. The summed E-state index contributed by atoms with van der Waals surface area (Å²) in [5, 5.41) is 8.87. The molecule has 4 rings (SSSR count). The number of nitrogens with one attached hydrogen (secondary N) is 1. The van der Waals surface area contributed by atoms with Crippen molar-refractivity contribution in [2.75, 3.05) is 0 Å². The minimum atomic E-state index is 0.583. The Kier molecular flexibility index (Phi) is 3.03. The fourth-order valence-corrected chi connectivity index (χ4v) is 4.03. The van der Waals surface area contributed by atoms with Gasteiger partial charge in [0.25, 0.3) is 0 Å². The van der Waals surface area contributed by atoms with Crippen LogP contribution >= 0.6 is 11.3 Å². The summed E-state index contributed by atoms with van der Waals surface area (Å²) in [6.45, 7) is 0. The highest BCUT2D eigenvalue weighted by atomic mass is 32.1. The van der Waals surface area contributed by atoms with Gasteiger partial charge in [0.15, 0.2) is 5.82 Å². The molecule has 0 amide bonds. The second kappa shape index (κ2) is 5.02. The van der Waals surface area contributed by atoms with E-state index in [0.29, 0.717) is 5.92 Å². The van der Waals surface area contributed by atoms with Crippen LogP contribution in [-0.4, -0.2) is 15.2 Å². The number of H-pyrrole nitrogens is 1. The molecule has 3 nitrogen and oxygen atoms in total. The zero-order chi connectivity index (χ0) is 13.4. The van der Waals surface area contributed by atoms with Crippen molar-refractivity contribution in [3.8, 4) is 10.7 Å². The molecule has 0 saturated heterocycles. The first kappa shape index (κ1) is 12.1. The van der Waals surface area contributed by atoms with Crippen LogP contribution in [0.25, 0.3) is 20.8 Å². The molecule has 4 heteroatoms. The lowest BCUT2D eigenvalue weighted by atomic mass is 9.89. The lowest BCUT2D eigenvalue weighted by Gasteiger charge is -2.18. The van der Waals surface area contributed by atoms with E-state index in [-0.39, 0.29) is 0 Å². The number of rotatable bonds is 2. The van der Waals surface area contributed by atoms with Crippen LogP contribution in [0.1, 0.15) is 43.8 Å². The first-order valence-electron chi connectivity index (χ1n) is 7.31. The average molecular weight is 283 g/mol. The van der Waals surface area contributed by atoms with E-state index in [1.54, 1.807) is 11.3 Å². The third-order valence-electron chi connectivity index (χ3n) is 4.14. The van der Waals surface area contributed by atoms with Gasteiger partial charge in [0.05, 0.1) is 4.88 Å². The van der Waals surface area contributed by atoms with Crippen molar-refractivity contribution in [3.05, 3.63) is 36.2 Å². The molecule has 0 aliphatic heterocycles. The van der Waals surface area contributed by atoms with Gasteiger partial charge in [0.1, 0.15) is 5.82 Å². The van der Waals surface area contributed by atoms with Crippen LogP contribution in [0.5, 0.6) is 0 Å². The van der Waals surface area contributed by atoms with Crippen molar-refractivity contribution < 1.29 is 0 Å². The number of fused-ring (bicyclic) bond motifs is 1. The van der Waals surface area contributed by atoms with E-state index >= 15 is 0 Å². The lowest BCUT2D eigenvalue weighted by Crippen LogP contribution is -2.06. The molecule has 1 aliphatic carbocycles. The van der Waals surface area contributed by atoms with E-state index in [0.717, 1.165) is 16.5 Å². The minimum absolute atomic E-state index is 0.583. The molecule has 102 valence electrons. The fourth-order valence-electron chi connectivity index (χ4n) is 3.04. The van der Waals surface area contributed by atoms with Gasteiger partial charge in [-0.05, 0) is 30.4 Å². The largest absolute Gasteiger partial charge is 0.262 e. The summed E-state index contributed by atoms with van der Waals surface area (Å²) in [7, 11) is 0. The van der Waals surface area contributed by atoms with Crippen LogP contribution < -0.4 is 0 Å². The van der Waals surface area contributed by atoms with E-state index in [1.165, 1.54) is 42.2 Å². The van der Waals surface area contributed by atoms with Gasteiger partial charge < -0.3 is 0 Å². The Hall–Kier alpha value is -1.68. The number of thiophene rings is 1. The predicted molar refractivity (Wildman–Crippen MR) is 83.0 cm³/mol. The minimum Gasteiger partial charge on any atom is -0.262 e. The van der Waals surface area contributed by atoms with Crippen LogP contribution in [-0.2, 0) is 0 Å². The highest BCUT2D eigenvalue weighted by Gasteiger charge is 2.20. The monoisotopic (exact) mass is 283 g/mol. The molecule has 1 aliphatic rings. The molecule has 2 aromatic heterocycles. The van der Waals surface area contributed by atoms with E-state index in [9.17, 15) is 0 Å². The average Bonchev–Trinajstić information content (AvgIpc) is 3.14. The summed E-state index contributed by atoms with van der Waals surface area (Å²) < 4.78 is 1.30. The maximum Gasteiger partial charge on any atom is 0.191 e. The van der Waals surface area contributed by atoms with Gasteiger partial charge in [-0.3, -0.25) is 5.10 Å². The Labute approximate surface area is 122 Å². The number of nitrogens with zero attached hydrogens (tertiary/aromatic N) is 2. The molecule has 0 spiro atoms. The number of hydrogen-bond acceptors (Lipinski definition) is 3. The number of hydrogen-bond donors (Lipinski definition) is 1. The van der Waals surface area contributed by atoms with Gasteiger partial charge in [-0.25, -0.2) is 4.98 Å². The molecule has 2 heterocycles. The second-order valence-electron chi connectivity index (χ2n) is 5.53. The van der Waals surface area contributed by atoms with Crippen LogP contribution in [0.2, 0.25) is 0 Å². The first-order chi connectivity index (χ1) is 9.90. The first-order valence-corrected chi connectivity index (χ1v) is 8.13. The number of aromatic amines is 1. The van der Waals surface area contributed by atoms with Crippen LogP contribution in [0.3, 0.4) is 0 Å². The molecule has 20 heavy (non-hydrogen) atoms. The number of benzene rings is 1. The third kappa shape index (κ3) is 2.14. The Morgan fingerprint density at radius 3 is 2.80 bits per heavy atom. The third-order valence-corrected chi connectivity index (χ3v) is 5.25. The molecule has 3 aromatic rings. The second-order valence-corrected chi connectivity index (χ2v) is 6.61. The molecule has 0 radical (unpaired) electrons. The van der Waals surface area contributed by atoms with Gasteiger partial charge in [-0.2, -0.15) is 5.10 Å². The standard InChI is InChI=1S/C16H17N3S/c1-2-6-11(7-3-1)15-17-16(19-18-15)14-10-12-8-4-5-9-13(12)20-14/h4-5,8-11H,1-3,6-7H2,(H,17,18,19). The summed E-state index contributed by atoms with van der Waals surface area (Å²) in [6.07, 6.45) is 6.52. The lowest BCUT2D eigenvalue weighted by molar-refractivity contribution is 0.429. The van der Waals surface area contributed by atoms with Crippen molar-refractivity contribution in [1.29, 1.82) is 0 Å². The predicted octanol–water partition coefficient (Wildman–Crippen LogP) is 4.73. The van der Waals surface area contributed by atoms with Crippen molar-refractivity contribution in [2.45, 2.75) is 38.0 Å². The zero-order valence-corrected chi connectivity index (χ0v) is 12.1.